The number of pyridine rings is 1. The second-order valence-electron chi connectivity index (χ2n) is 8.42. The average molecular weight is 524 g/mol. The van der Waals surface area contributed by atoms with Gasteiger partial charge in [-0.1, -0.05) is 48.0 Å². The van der Waals surface area contributed by atoms with Gasteiger partial charge in [0.1, 0.15) is 0 Å². The topological polar surface area (TPSA) is 68.7 Å². The van der Waals surface area contributed by atoms with Crippen LogP contribution in [0.15, 0.2) is 66.7 Å². The maximum Gasteiger partial charge on any atom is 0.336 e. The predicted molar refractivity (Wildman–Crippen MR) is 139 cm³/mol. The summed E-state index contributed by atoms with van der Waals surface area (Å²) in [4.78, 5) is 16.2. The molecule has 1 N–H and O–H groups in total. The molecule has 0 amide bonds. The molecule has 5 nitrogen and oxygen atoms in total. The van der Waals surface area contributed by atoms with E-state index >= 15 is 0 Å². The van der Waals surface area contributed by atoms with E-state index in [-0.39, 0.29) is 24.0 Å². The van der Waals surface area contributed by atoms with Crippen LogP contribution in [0.4, 0.5) is 8.78 Å². The van der Waals surface area contributed by atoms with Crippen molar-refractivity contribution in [2.24, 2.45) is 0 Å². The maximum atomic E-state index is 13.9. The summed E-state index contributed by atoms with van der Waals surface area (Å²) in [6.45, 7) is 0. The van der Waals surface area contributed by atoms with E-state index in [0.717, 1.165) is 28.2 Å². The summed E-state index contributed by atoms with van der Waals surface area (Å²) >= 11 is 6.09. The van der Waals surface area contributed by atoms with Crippen molar-refractivity contribution >= 4 is 40.6 Å². The van der Waals surface area contributed by atoms with Crippen LogP contribution in [0, 0.1) is 11.6 Å². The van der Waals surface area contributed by atoms with Crippen molar-refractivity contribution < 1.29 is 28.2 Å². The molecule has 0 aliphatic rings. The summed E-state index contributed by atoms with van der Waals surface area (Å²) in [7, 11) is 2.94. The van der Waals surface area contributed by atoms with Gasteiger partial charge in [-0.25, -0.2) is 18.6 Å². The molecular formula is C29H24ClF2NO4. The molecule has 37 heavy (non-hydrogen) atoms. The number of hydrogen-bond acceptors (Lipinski definition) is 4. The highest BCUT2D eigenvalue weighted by Crippen LogP contribution is 2.33. The van der Waals surface area contributed by atoms with Gasteiger partial charge in [0, 0.05) is 36.6 Å². The van der Waals surface area contributed by atoms with Gasteiger partial charge in [0.05, 0.1) is 16.8 Å². The zero-order valence-electron chi connectivity index (χ0n) is 20.2. The SMILES string of the molecule is COC(CCc1cc(F)c(F)cc1C(=O)O)(OC)c1cccc(/C=C/c2ccc3ccc(Cl)cc3n2)c1. The van der Waals surface area contributed by atoms with Crippen LogP contribution >= 0.6 is 11.6 Å². The molecule has 0 fully saturated rings. The van der Waals surface area contributed by atoms with Crippen molar-refractivity contribution in [3.05, 3.63) is 111 Å². The van der Waals surface area contributed by atoms with Gasteiger partial charge in [-0.2, -0.15) is 0 Å². The van der Waals surface area contributed by atoms with Gasteiger partial charge in [-0.05, 0) is 60.0 Å². The van der Waals surface area contributed by atoms with Crippen LogP contribution in [-0.2, 0) is 21.7 Å². The number of hydrogen-bond donors (Lipinski definition) is 1. The minimum Gasteiger partial charge on any atom is -0.478 e. The molecule has 190 valence electrons. The molecule has 0 aliphatic carbocycles. The zero-order chi connectivity index (χ0) is 26.6. The van der Waals surface area contributed by atoms with Gasteiger partial charge < -0.3 is 14.6 Å². The van der Waals surface area contributed by atoms with Crippen LogP contribution in [0.3, 0.4) is 0 Å². The fourth-order valence-corrected chi connectivity index (χ4v) is 4.39. The summed E-state index contributed by atoms with van der Waals surface area (Å²) in [6.07, 6.45) is 4.01. The van der Waals surface area contributed by atoms with Crippen molar-refractivity contribution in [3.8, 4) is 0 Å². The van der Waals surface area contributed by atoms with Gasteiger partial charge in [0.25, 0.3) is 0 Å². The fourth-order valence-electron chi connectivity index (χ4n) is 4.22. The number of aromatic nitrogens is 1. The molecule has 0 unspecified atom stereocenters. The molecular weight excluding hydrogens is 500 g/mol. The Labute approximate surface area is 217 Å². The largest absolute Gasteiger partial charge is 0.478 e. The van der Waals surface area contributed by atoms with Crippen LogP contribution in [0.2, 0.25) is 5.02 Å². The van der Waals surface area contributed by atoms with E-state index in [1.165, 1.54) is 14.2 Å². The van der Waals surface area contributed by atoms with Gasteiger partial charge in [-0.15, -0.1) is 0 Å². The minimum atomic E-state index is -1.34. The molecule has 0 saturated carbocycles. The van der Waals surface area contributed by atoms with Gasteiger partial charge >= 0.3 is 5.97 Å². The quantitative estimate of drug-likeness (QED) is 0.237. The van der Waals surface area contributed by atoms with Crippen LogP contribution < -0.4 is 0 Å². The highest BCUT2D eigenvalue weighted by molar-refractivity contribution is 6.31. The van der Waals surface area contributed by atoms with Gasteiger partial charge in [0.2, 0.25) is 0 Å². The summed E-state index contributed by atoms with van der Waals surface area (Å²) < 4.78 is 39.0. The number of halogens is 3. The Morgan fingerprint density at radius 3 is 2.46 bits per heavy atom. The van der Waals surface area contributed by atoms with E-state index < -0.39 is 23.4 Å². The number of aryl methyl sites for hydroxylation is 1. The molecule has 1 aromatic heterocycles. The van der Waals surface area contributed by atoms with Crippen LogP contribution in [0.25, 0.3) is 23.1 Å². The highest BCUT2D eigenvalue weighted by Gasteiger charge is 2.32. The Morgan fingerprint density at radius 1 is 1.00 bits per heavy atom. The molecule has 0 atom stereocenters. The van der Waals surface area contributed by atoms with Crippen molar-refractivity contribution in [2.45, 2.75) is 18.6 Å². The molecule has 0 bridgehead atoms. The fraction of sp³-hybridized carbons (Fsp3) is 0.172. The smallest absolute Gasteiger partial charge is 0.336 e. The molecule has 0 spiro atoms. The lowest BCUT2D eigenvalue weighted by Crippen LogP contribution is -2.31. The van der Waals surface area contributed by atoms with Gasteiger partial charge in [0.15, 0.2) is 17.4 Å². The number of methoxy groups -OCH3 is 2. The zero-order valence-corrected chi connectivity index (χ0v) is 20.9. The van der Waals surface area contributed by atoms with E-state index in [1.54, 1.807) is 0 Å². The lowest BCUT2D eigenvalue weighted by atomic mass is 9.94. The molecule has 1 heterocycles. The minimum absolute atomic E-state index is 0.0736. The monoisotopic (exact) mass is 523 g/mol. The summed E-state index contributed by atoms with van der Waals surface area (Å²) in [5.74, 6) is -4.92. The second-order valence-corrected chi connectivity index (χ2v) is 8.86. The van der Waals surface area contributed by atoms with Gasteiger partial charge in [-0.3, -0.25) is 0 Å². The average Bonchev–Trinajstić information content (AvgIpc) is 2.90. The van der Waals surface area contributed by atoms with Crippen LogP contribution in [0.1, 0.15) is 39.2 Å². The molecule has 0 radical (unpaired) electrons. The third kappa shape index (κ3) is 5.85. The number of fused-ring (bicyclic) bond motifs is 1. The Hall–Kier alpha value is -3.65. The third-order valence-electron chi connectivity index (χ3n) is 6.21. The Kier molecular flexibility index (Phi) is 7.97. The highest BCUT2D eigenvalue weighted by atomic mass is 35.5. The van der Waals surface area contributed by atoms with E-state index in [4.69, 9.17) is 21.1 Å². The molecule has 4 rings (SSSR count). The van der Waals surface area contributed by atoms with E-state index in [2.05, 4.69) is 4.98 Å². The first-order valence-electron chi connectivity index (χ1n) is 11.4. The van der Waals surface area contributed by atoms with E-state index in [0.29, 0.717) is 16.7 Å². The predicted octanol–water partition coefficient (Wildman–Crippen LogP) is 7.11. The number of carboxylic acids is 1. The van der Waals surface area contributed by atoms with E-state index in [1.807, 2.05) is 66.7 Å². The first-order valence-corrected chi connectivity index (χ1v) is 11.8. The Morgan fingerprint density at radius 2 is 1.73 bits per heavy atom. The lowest BCUT2D eigenvalue weighted by Gasteiger charge is -2.32. The van der Waals surface area contributed by atoms with Crippen molar-refractivity contribution in [1.29, 1.82) is 0 Å². The standard InChI is InChI=1S/C29H24ClF2NO4/c1-36-29(37-2,13-12-20-15-25(31)26(32)17-24(20)28(34)35)21-5-3-4-18(14-21)6-10-23-11-8-19-7-9-22(30)16-27(19)33-23/h3-11,14-17H,12-13H2,1-2H3,(H,34,35)/b10-6+. The number of carbonyl (C=O) groups is 1. The van der Waals surface area contributed by atoms with Crippen molar-refractivity contribution in [1.82, 2.24) is 4.98 Å². The van der Waals surface area contributed by atoms with Crippen molar-refractivity contribution in [3.63, 3.8) is 0 Å². The lowest BCUT2D eigenvalue weighted by molar-refractivity contribution is -0.219. The first-order chi connectivity index (χ1) is 17.7. The molecule has 8 heteroatoms. The maximum absolute atomic E-state index is 13.9. The number of aromatic carboxylic acids is 1. The third-order valence-corrected chi connectivity index (χ3v) is 6.44. The van der Waals surface area contributed by atoms with Crippen LogP contribution in [0.5, 0.6) is 0 Å². The summed E-state index contributed by atoms with van der Waals surface area (Å²) in [5, 5.41) is 11.0. The number of ether oxygens (including phenoxy) is 2. The number of benzene rings is 3. The molecule has 4 aromatic rings. The Bertz CT molecular complexity index is 1480. The molecule has 0 aliphatic heterocycles. The number of carboxylic acid groups (broad SMARTS) is 1. The summed E-state index contributed by atoms with van der Waals surface area (Å²) in [5.41, 5.74) is 2.91. The summed E-state index contributed by atoms with van der Waals surface area (Å²) in [6, 6.07) is 18.5. The second kappa shape index (κ2) is 11.2. The number of nitrogens with zero attached hydrogens (tertiary/aromatic N) is 1. The van der Waals surface area contributed by atoms with Crippen molar-refractivity contribution in [2.75, 3.05) is 14.2 Å². The number of rotatable bonds is 9. The normalized spacial score (nSPS) is 11.9. The first kappa shape index (κ1) is 26.4. The Balaban J connectivity index is 1.60. The molecule has 3 aromatic carbocycles. The van der Waals surface area contributed by atoms with Crippen LogP contribution in [-0.4, -0.2) is 30.3 Å². The molecule has 0 saturated heterocycles. The van der Waals surface area contributed by atoms with E-state index in [9.17, 15) is 18.7 Å².